The number of anilines is 1. The van der Waals surface area contributed by atoms with Gasteiger partial charge in [-0.05, 0) is 37.3 Å². The number of rotatable bonds is 5. The maximum Gasteiger partial charge on any atom is 0.341 e. The average Bonchev–Trinajstić information content (AvgIpc) is 3.12. The molecular weight excluding hydrogens is 396 g/mol. The summed E-state index contributed by atoms with van der Waals surface area (Å²) in [6.07, 6.45) is 0. The van der Waals surface area contributed by atoms with E-state index < -0.39 is 5.97 Å². The Bertz CT molecular complexity index is 1070. The number of ether oxygens (including phenoxy) is 1. The molecular formula is C21H15ClN2O3S. The number of nitrogens with zero attached hydrogens (tertiary/aromatic N) is 1. The summed E-state index contributed by atoms with van der Waals surface area (Å²) in [5.74, 6) is -0.920. The normalized spacial score (nSPS) is 10.2. The summed E-state index contributed by atoms with van der Waals surface area (Å²) < 4.78 is 5.18. The fourth-order valence-corrected chi connectivity index (χ4v) is 3.79. The van der Waals surface area contributed by atoms with Gasteiger partial charge in [0.1, 0.15) is 10.6 Å². The summed E-state index contributed by atoms with van der Waals surface area (Å²) in [7, 11) is 0. The Morgan fingerprint density at radius 2 is 1.86 bits per heavy atom. The summed E-state index contributed by atoms with van der Waals surface area (Å²) >= 11 is 7.51. The number of esters is 1. The van der Waals surface area contributed by atoms with Crippen LogP contribution in [0.4, 0.5) is 5.00 Å². The lowest BCUT2D eigenvalue weighted by Gasteiger charge is -2.09. The number of halogens is 1. The highest BCUT2D eigenvalue weighted by molar-refractivity contribution is 7.15. The molecule has 0 saturated heterocycles. The van der Waals surface area contributed by atoms with E-state index in [4.69, 9.17) is 21.6 Å². The van der Waals surface area contributed by atoms with Gasteiger partial charge in [-0.2, -0.15) is 5.26 Å². The van der Waals surface area contributed by atoms with Crippen LogP contribution in [0.5, 0.6) is 0 Å². The van der Waals surface area contributed by atoms with E-state index in [1.807, 2.05) is 12.1 Å². The molecule has 1 heterocycles. The lowest BCUT2D eigenvalue weighted by molar-refractivity contribution is 0.0529. The molecule has 0 saturated carbocycles. The fourth-order valence-electron chi connectivity index (χ4n) is 2.61. The van der Waals surface area contributed by atoms with Crippen molar-refractivity contribution in [1.29, 1.82) is 5.26 Å². The Morgan fingerprint density at radius 3 is 2.50 bits per heavy atom. The van der Waals surface area contributed by atoms with Crippen molar-refractivity contribution in [1.82, 2.24) is 0 Å². The second-order valence-electron chi connectivity index (χ2n) is 5.70. The molecule has 3 rings (SSSR count). The van der Waals surface area contributed by atoms with Crippen molar-refractivity contribution in [2.75, 3.05) is 11.9 Å². The van der Waals surface area contributed by atoms with Crippen LogP contribution in [0.1, 0.15) is 33.2 Å². The van der Waals surface area contributed by atoms with Crippen molar-refractivity contribution in [2.24, 2.45) is 0 Å². The Labute approximate surface area is 171 Å². The Hall–Kier alpha value is -3.14. The molecule has 28 heavy (non-hydrogen) atoms. The first-order valence-corrected chi connectivity index (χ1v) is 9.66. The van der Waals surface area contributed by atoms with E-state index in [1.165, 1.54) is 11.3 Å². The molecule has 0 atom stereocenters. The molecule has 0 aliphatic heterocycles. The summed E-state index contributed by atoms with van der Waals surface area (Å²) in [6, 6.07) is 15.4. The number of amides is 1. The number of thiophene rings is 1. The third-order valence-corrected chi connectivity index (χ3v) is 5.16. The van der Waals surface area contributed by atoms with Crippen molar-refractivity contribution in [2.45, 2.75) is 6.92 Å². The van der Waals surface area contributed by atoms with E-state index in [-0.39, 0.29) is 18.1 Å². The Morgan fingerprint density at radius 1 is 1.14 bits per heavy atom. The van der Waals surface area contributed by atoms with Gasteiger partial charge in [-0.25, -0.2) is 4.79 Å². The number of hydrogen-bond acceptors (Lipinski definition) is 5. The van der Waals surface area contributed by atoms with Crippen molar-refractivity contribution >= 4 is 39.8 Å². The summed E-state index contributed by atoms with van der Waals surface area (Å²) in [6.45, 7) is 1.92. The molecule has 0 unspecified atom stereocenters. The van der Waals surface area contributed by atoms with Gasteiger partial charge in [-0.3, -0.25) is 4.79 Å². The van der Waals surface area contributed by atoms with Crippen LogP contribution in [0.25, 0.3) is 11.1 Å². The van der Waals surface area contributed by atoms with Gasteiger partial charge in [0, 0.05) is 27.1 Å². The van der Waals surface area contributed by atoms with Gasteiger partial charge in [-0.15, -0.1) is 11.3 Å². The van der Waals surface area contributed by atoms with Crippen molar-refractivity contribution in [3.8, 4) is 17.2 Å². The first-order chi connectivity index (χ1) is 13.5. The maximum atomic E-state index is 12.6. The van der Waals surface area contributed by atoms with Crippen LogP contribution in [0, 0.1) is 11.3 Å². The zero-order valence-corrected chi connectivity index (χ0v) is 16.4. The van der Waals surface area contributed by atoms with E-state index >= 15 is 0 Å². The number of benzene rings is 2. The second-order valence-corrected chi connectivity index (χ2v) is 6.98. The van der Waals surface area contributed by atoms with Gasteiger partial charge in [0.15, 0.2) is 0 Å². The molecule has 0 fully saturated rings. The zero-order valence-electron chi connectivity index (χ0n) is 14.9. The quantitative estimate of drug-likeness (QED) is 0.573. The van der Waals surface area contributed by atoms with Crippen molar-refractivity contribution in [3.05, 3.63) is 75.6 Å². The topological polar surface area (TPSA) is 79.2 Å². The van der Waals surface area contributed by atoms with Crippen LogP contribution in [-0.2, 0) is 4.74 Å². The van der Waals surface area contributed by atoms with Crippen LogP contribution in [0.3, 0.4) is 0 Å². The minimum Gasteiger partial charge on any atom is -0.462 e. The lowest BCUT2D eigenvalue weighted by Crippen LogP contribution is -2.14. The predicted molar refractivity (Wildman–Crippen MR) is 110 cm³/mol. The van der Waals surface area contributed by atoms with Gasteiger partial charge < -0.3 is 10.1 Å². The second kappa shape index (κ2) is 8.70. The summed E-state index contributed by atoms with van der Waals surface area (Å²) in [4.78, 5) is 25.2. The average molecular weight is 411 g/mol. The fraction of sp³-hybridized carbons (Fsp3) is 0.0952. The summed E-state index contributed by atoms with van der Waals surface area (Å²) in [5, 5.41) is 14.3. The van der Waals surface area contributed by atoms with Crippen molar-refractivity contribution in [3.63, 3.8) is 0 Å². The first kappa shape index (κ1) is 19.6. The van der Waals surface area contributed by atoms with Gasteiger partial charge in [0.05, 0.1) is 18.2 Å². The van der Waals surface area contributed by atoms with E-state index in [9.17, 15) is 9.59 Å². The third-order valence-electron chi connectivity index (χ3n) is 3.94. The molecule has 0 spiro atoms. The highest BCUT2D eigenvalue weighted by Crippen LogP contribution is 2.39. The Balaban J connectivity index is 1.98. The van der Waals surface area contributed by atoms with Crippen LogP contribution in [0.2, 0.25) is 5.02 Å². The van der Waals surface area contributed by atoms with Crippen LogP contribution >= 0.6 is 22.9 Å². The zero-order chi connectivity index (χ0) is 20.1. The SMILES string of the molecule is CCOC(=O)c1c(-c2ccccc2Cl)csc1NC(=O)c1ccc(C#N)cc1. The highest BCUT2D eigenvalue weighted by Gasteiger charge is 2.24. The van der Waals surface area contributed by atoms with Gasteiger partial charge >= 0.3 is 5.97 Å². The van der Waals surface area contributed by atoms with E-state index in [0.29, 0.717) is 32.3 Å². The van der Waals surface area contributed by atoms with Crippen LogP contribution in [-0.4, -0.2) is 18.5 Å². The minimum atomic E-state index is -0.534. The molecule has 0 bridgehead atoms. The molecule has 2 aromatic carbocycles. The maximum absolute atomic E-state index is 12.6. The minimum absolute atomic E-state index is 0.208. The molecule has 0 aliphatic rings. The summed E-state index contributed by atoms with van der Waals surface area (Å²) in [5.41, 5.74) is 2.39. The smallest absolute Gasteiger partial charge is 0.341 e. The van der Waals surface area contributed by atoms with Gasteiger partial charge in [0.25, 0.3) is 5.91 Å². The molecule has 5 nitrogen and oxygen atoms in total. The monoisotopic (exact) mass is 410 g/mol. The number of carbonyl (C=O) groups is 2. The number of hydrogen-bond donors (Lipinski definition) is 1. The highest BCUT2D eigenvalue weighted by atomic mass is 35.5. The molecule has 1 amide bonds. The molecule has 0 aliphatic carbocycles. The third kappa shape index (κ3) is 4.06. The van der Waals surface area contributed by atoms with Crippen molar-refractivity contribution < 1.29 is 14.3 Å². The lowest BCUT2D eigenvalue weighted by atomic mass is 10.0. The number of nitriles is 1. The largest absolute Gasteiger partial charge is 0.462 e. The van der Waals surface area contributed by atoms with Gasteiger partial charge in [0.2, 0.25) is 0 Å². The van der Waals surface area contributed by atoms with Crippen LogP contribution < -0.4 is 5.32 Å². The van der Waals surface area contributed by atoms with E-state index in [0.717, 1.165) is 0 Å². The standard InChI is InChI=1S/C21H15ClN2O3S/c1-2-27-21(26)18-16(15-5-3-4-6-17(15)22)12-28-20(18)24-19(25)14-9-7-13(11-23)8-10-14/h3-10,12H,2H2,1H3,(H,24,25). The first-order valence-electron chi connectivity index (χ1n) is 8.40. The van der Waals surface area contributed by atoms with Crippen LogP contribution in [0.15, 0.2) is 53.9 Å². The Kier molecular flexibility index (Phi) is 6.09. The molecule has 0 radical (unpaired) electrons. The number of nitrogens with one attached hydrogen (secondary N) is 1. The van der Waals surface area contributed by atoms with E-state index in [2.05, 4.69) is 5.32 Å². The molecule has 1 N–H and O–H groups in total. The molecule has 1 aromatic heterocycles. The van der Waals surface area contributed by atoms with E-state index in [1.54, 1.807) is 54.8 Å². The molecule has 3 aromatic rings. The van der Waals surface area contributed by atoms with Gasteiger partial charge in [-0.1, -0.05) is 29.8 Å². The predicted octanol–water partition coefficient (Wildman–Crippen LogP) is 5.37. The molecule has 7 heteroatoms. The number of carbonyl (C=O) groups excluding carboxylic acids is 2. The molecule has 140 valence electrons.